The molecule has 2 aromatic rings. The summed E-state index contributed by atoms with van der Waals surface area (Å²) < 4.78 is 12.1. The van der Waals surface area contributed by atoms with Crippen LogP contribution in [0.15, 0.2) is 53.4 Å². The van der Waals surface area contributed by atoms with E-state index in [1.165, 1.54) is 24.6 Å². The molecule has 1 amide bonds. The molecule has 0 aromatic heterocycles. The first-order valence-corrected chi connectivity index (χ1v) is 11.0. The van der Waals surface area contributed by atoms with E-state index in [4.69, 9.17) is 21.7 Å². The van der Waals surface area contributed by atoms with Gasteiger partial charge in [0, 0.05) is 6.04 Å². The number of benzene rings is 2. The van der Waals surface area contributed by atoms with Gasteiger partial charge in [0.1, 0.15) is 10.9 Å². The number of nitrogens with zero attached hydrogens (tertiary/aromatic N) is 1. The van der Waals surface area contributed by atoms with E-state index < -0.39 is 0 Å². The second kappa shape index (κ2) is 9.01. The smallest absolute Gasteiger partial charge is 0.266 e. The standard InChI is InChI=1S/C23H23NO3S2/c1-26-20-13-17(11-12-19(20)27-15-16-7-3-2-4-8-16)14-21-22(25)24(23(28)29-21)18-9-5-6-10-18/h2-4,7-8,11-14,18H,5-6,9-10,15H2,1H3/b21-14-. The van der Waals surface area contributed by atoms with E-state index >= 15 is 0 Å². The lowest BCUT2D eigenvalue weighted by Gasteiger charge is -2.21. The number of amides is 1. The van der Waals surface area contributed by atoms with Crippen molar-refractivity contribution in [2.45, 2.75) is 38.3 Å². The molecule has 1 aliphatic carbocycles. The molecule has 2 aliphatic rings. The summed E-state index contributed by atoms with van der Waals surface area (Å²) in [6, 6.07) is 16.0. The normalized spacial score (nSPS) is 18.7. The maximum atomic E-state index is 12.9. The Morgan fingerprint density at radius 3 is 2.62 bits per heavy atom. The summed E-state index contributed by atoms with van der Waals surface area (Å²) >= 11 is 6.87. The summed E-state index contributed by atoms with van der Waals surface area (Å²) in [5, 5.41) is 0. The van der Waals surface area contributed by atoms with Gasteiger partial charge >= 0.3 is 0 Å². The van der Waals surface area contributed by atoms with Crippen LogP contribution in [0.2, 0.25) is 0 Å². The Morgan fingerprint density at radius 2 is 1.90 bits per heavy atom. The van der Waals surface area contributed by atoms with Crippen molar-refractivity contribution < 1.29 is 14.3 Å². The Labute approximate surface area is 180 Å². The highest BCUT2D eigenvalue weighted by Gasteiger charge is 2.38. The zero-order valence-corrected chi connectivity index (χ0v) is 17.9. The minimum atomic E-state index is 0.0234. The van der Waals surface area contributed by atoms with E-state index in [0.29, 0.717) is 27.3 Å². The van der Waals surface area contributed by atoms with Crippen LogP contribution in [-0.4, -0.2) is 28.3 Å². The van der Waals surface area contributed by atoms with Crippen molar-refractivity contribution in [3.05, 3.63) is 64.6 Å². The van der Waals surface area contributed by atoms with Crippen molar-refractivity contribution in [3.8, 4) is 11.5 Å². The monoisotopic (exact) mass is 425 g/mol. The van der Waals surface area contributed by atoms with Crippen LogP contribution in [0, 0.1) is 0 Å². The van der Waals surface area contributed by atoms with E-state index in [0.717, 1.165) is 24.0 Å². The van der Waals surface area contributed by atoms with Crippen LogP contribution in [0.4, 0.5) is 0 Å². The maximum absolute atomic E-state index is 12.9. The number of thioether (sulfide) groups is 1. The lowest BCUT2D eigenvalue weighted by molar-refractivity contribution is -0.123. The first kappa shape index (κ1) is 20.0. The number of carbonyl (C=O) groups is 1. The van der Waals surface area contributed by atoms with Crippen LogP contribution in [0.25, 0.3) is 6.08 Å². The summed E-state index contributed by atoms with van der Waals surface area (Å²) in [6.45, 7) is 0.469. The summed E-state index contributed by atoms with van der Waals surface area (Å²) in [7, 11) is 1.62. The number of carbonyl (C=O) groups excluding carboxylic acids is 1. The number of hydrogen-bond acceptors (Lipinski definition) is 5. The third-order valence-corrected chi connectivity index (χ3v) is 6.57. The molecule has 29 heavy (non-hydrogen) atoms. The van der Waals surface area contributed by atoms with Crippen molar-refractivity contribution in [1.29, 1.82) is 0 Å². The Kier molecular flexibility index (Phi) is 6.21. The predicted molar refractivity (Wildman–Crippen MR) is 121 cm³/mol. The molecule has 1 heterocycles. The molecule has 2 fully saturated rings. The van der Waals surface area contributed by atoms with E-state index in [9.17, 15) is 4.79 Å². The predicted octanol–water partition coefficient (Wildman–Crippen LogP) is 5.42. The minimum Gasteiger partial charge on any atom is -0.493 e. The summed E-state index contributed by atoms with van der Waals surface area (Å²) in [4.78, 5) is 15.4. The van der Waals surface area contributed by atoms with Crippen LogP contribution >= 0.6 is 24.0 Å². The molecule has 0 N–H and O–H groups in total. The van der Waals surface area contributed by atoms with Crippen LogP contribution in [0.1, 0.15) is 36.8 Å². The summed E-state index contributed by atoms with van der Waals surface area (Å²) in [5.74, 6) is 1.34. The number of ether oxygens (including phenoxy) is 2. The number of rotatable bonds is 6. The van der Waals surface area contributed by atoms with E-state index in [2.05, 4.69) is 0 Å². The Hall–Kier alpha value is -2.31. The molecule has 1 saturated heterocycles. The van der Waals surface area contributed by atoms with Gasteiger partial charge in [-0.1, -0.05) is 73.2 Å². The second-order valence-electron chi connectivity index (χ2n) is 7.17. The first-order chi connectivity index (χ1) is 14.2. The average molecular weight is 426 g/mol. The van der Waals surface area contributed by atoms with Gasteiger partial charge in [-0.2, -0.15) is 0 Å². The molecule has 0 unspecified atom stereocenters. The van der Waals surface area contributed by atoms with Gasteiger partial charge in [-0.15, -0.1) is 0 Å². The minimum absolute atomic E-state index is 0.0234. The Bertz CT molecular complexity index is 936. The zero-order chi connectivity index (χ0) is 20.2. The second-order valence-corrected chi connectivity index (χ2v) is 8.85. The molecule has 0 atom stereocenters. The third kappa shape index (κ3) is 4.49. The number of hydrogen-bond donors (Lipinski definition) is 0. The quantitative estimate of drug-likeness (QED) is 0.457. The fourth-order valence-electron chi connectivity index (χ4n) is 3.74. The van der Waals surface area contributed by atoms with Crippen molar-refractivity contribution >= 4 is 40.3 Å². The van der Waals surface area contributed by atoms with E-state index in [1.807, 2.05) is 59.5 Å². The molecule has 0 radical (unpaired) electrons. The van der Waals surface area contributed by atoms with Gasteiger partial charge in [0.05, 0.1) is 12.0 Å². The number of thiocarbonyl (C=S) groups is 1. The molecular weight excluding hydrogens is 402 g/mol. The van der Waals surface area contributed by atoms with Gasteiger partial charge in [-0.3, -0.25) is 9.69 Å². The molecule has 1 saturated carbocycles. The largest absolute Gasteiger partial charge is 0.493 e. The zero-order valence-electron chi connectivity index (χ0n) is 16.3. The molecule has 4 nitrogen and oxygen atoms in total. The van der Waals surface area contributed by atoms with Crippen LogP contribution in [-0.2, 0) is 11.4 Å². The van der Waals surface area contributed by atoms with Crippen molar-refractivity contribution in [3.63, 3.8) is 0 Å². The molecule has 4 rings (SSSR count). The molecule has 0 spiro atoms. The molecule has 2 aromatic carbocycles. The Balaban J connectivity index is 1.50. The van der Waals surface area contributed by atoms with Crippen molar-refractivity contribution in [2.75, 3.05) is 7.11 Å². The summed E-state index contributed by atoms with van der Waals surface area (Å²) in [5.41, 5.74) is 1.98. The van der Waals surface area contributed by atoms with Crippen LogP contribution in [0.5, 0.6) is 11.5 Å². The van der Waals surface area contributed by atoms with Crippen LogP contribution < -0.4 is 9.47 Å². The van der Waals surface area contributed by atoms with Crippen molar-refractivity contribution in [2.24, 2.45) is 0 Å². The van der Waals surface area contributed by atoms with E-state index in [1.54, 1.807) is 7.11 Å². The number of methoxy groups -OCH3 is 1. The van der Waals surface area contributed by atoms with Gasteiger partial charge in [-0.25, -0.2) is 0 Å². The molecule has 0 bridgehead atoms. The van der Waals surface area contributed by atoms with Gasteiger partial charge < -0.3 is 9.47 Å². The lowest BCUT2D eigenvalue weighted by Crippen LogP contribution is -2.36. The average Bonchev–Trinajstić information content (AvgIpc) is 3.35. The van der Waals surface area contributed by atoms with Gasteiger partial charge in [0.15, 0.2) is 11.5 Å². The highest BCUT2D eigenvalue weighted by molar-refractivity contribution is 8.26. The van der Waals surface area contributed by atoms with E-state index in [-0.39, 0.29) is 11.9 Å². The fourth-order valence-corrected chi connectivity index (χ4v) is 5.14. The topological polar surface area (TPSA) is 38.8 Å². The molecule has 1 aliphatic heterocycles. The van der Waals surface area contributed by atoms with Gasteiger partial charge in [0.2, 0.25) is 0 Å². The Morgan fingerprint density at radius 1 is 1.14 bits per heavy atom. The highest BCUT2D eigenvalue weighted by Crippen LogP contribution is 2.38. The summed E-state index contributed by atoms with van der Waals surface area (Å²) in [6.07, 6.45) is 6.31. The molecule has 6 heteroatoms. The maximum Gasteiger partial charge on any atom is 0.266 e. The lowest BCUT2D eigenvalue weighted by atomic mass is 10.1. The fraction of sp³-hybridized carbons (Fsp3) is 0.304. The SMILES string of the molecule is COc1cc(/C=C2\SC(=S)N(C3CCCC3)C2=O)ccc1OCc1ccccc1. The highest BCUT2D eigenvalue weighted by atomic mass is 32.2. The third-order valence-electron chi connectivity index (χ3n) is 5.24. The molecule has 150 valence electrons. The van der Waals surface area contributed by atoms with Crippen LogP contribution in [0.3, 0.4) is 0 Å². The van der Waals surface area contributed by atoms with Gasteiger partial charge in [-0.05, 0) is 42.2 Å². The first-order valence-electron chi connectivity index (χ1n) is 9.77. The molecular formula is C23H23NO3S2. The van der Waals surface area contributed by atoms with Gasteiger partial charge in [0.25, 0.3) is 5.91 Å². The van der Waals surface area contributed by atoms with Crippen molar-refractivity contribution in [1.82, 2.24) is 4.90 Å².